The predicted molar refractivity (Wildman–Crippen MR) is 81.3 cm³/mol. The van der Waals surface area contributed by atoms with E-state index in [0.29, 0.717) is 18.4 Å². The van der Waals surface area contributed by atoms with Crippen molar-refractivity contribution in [1.82, 2.24) is 14.9 Å². The first-order valence-corrected chi connectivity index (χ1v) is 7.61. The van der Waals surface area contributed by atoms with Gasteiger partial charge in [-0.2, -0.15) is 4.98 Å². The molecular weight excluding hydrogens is 252 g/mol. The Morgan fingerprint density at radius 2 is 2.10 bits per heavy atom. The molecule has 0 aliphatic heterocycles. The van der Waals surface area contributed by atoms with Crippen molar-refractivity contribution in [2.45, 2.75) is 45.6 Å². The Morgan fingerprint density at radius 1 is 1.35 bits per heavy atom. The van der Waals surface area contributed by atoms with Crippen molar-refractivity contribution in [2.75, 3.05) is 32.1 Å². The Labute approximate surface area is 121 Å². The molecular formula is C15H26N4O. The summed E-state index contributed by atoms with van der Waals surface area (Å²) >= 11 is 0. The third-order valence-corrected chi connectivity index (χ3v) is 3.82. The lowest BCUT2D eigenvalue weighted by Gasteiger charge is -2.23. The topological polar surface area (TPSA) is 50.3 Å². The van der Waals surface area contributed by atoms with Crippen molar-refractivity contribution in [3.8, 4) is 5.88 Å². The Balaban J connectivity index is 1.80. The van der Waals surface area contributed by atoms with Gasteiger partial charge in [-0.15, -0.1) is 0 Å². The van der Waals surface area contributed by atoms with Gasteiger partial charge in [0.25, 0.3) is 0 Å². The molecule has 5 heteroatoms. The van der Waals surface area contributed by atoms with Gasteiger partial charge < -0.3 is 15.0 Å². The van der Waals surface area contributed by atoms with Crippen LogP contribution in [0.15, 0.2) is 6.07 Å². The van der Waals surface area contributed by atoms with Gasteiger partial charge in [-0.3, -0.25) is 0 Å². The standard InChI is InChI=1S/C15H26N4O/c1-4-20-14-11-12(2)17-15(18-14)16-9-10-19(3)13-7-5-6-8-13/h11,13H,4-10H2,1-3H3,(H,16,17,18). The minimum atomic E-state index is 0.625. The SMILES string of the molecule is CCOc1cc(C)nc(NCCN(C)C2CCCC2)n1. The maximum Gasteiger partial charge on any atom is 0.226 e. The molecule has 0 amide bonds. The average molecular weight is 278 g/mol. The van der Waals surface area contributed by atoms with E-state index < -0.39 is 0 Å². The van der Waals surface area contributed by atoms with E-state index in [4.69, 9.17) is 4.74 Å². The van der Waals surface area contributed by atoms with Gasteiger partial charge in [0.15, 0.2) is 0 Å². The number of hydrogen-bond donors (Lipinski definition) is 1. The summed E-state index contributed by atoms with van der Waals surface area (Å²) in [4.78, 5) is 11.2. The third kappa shape index (κ3) is 4.34. The molecule has 1 saturated carbocycles. The fourth-order valence-corrected chi connectivity index (χ4v) is 2.71. The van der Waals surface area contributed by atoms with Gasteiger partial charge in [0.2, 0.25) is 11.8 Å². The largest absolute Gasteiger partial charge is 0.478 e. The molecule has 112 valence electrons. The summed E-state index contributed by atoms with van der Waals surface area (Å²) in [6.45, 7) is 6.43. The maximum atomic E-state index is 5.43. The van der Waals surface area contributed by atoms with E-state index in [1.165, 1.54) is 25.7 Å². The van der Waals surface area contributed by atoms with Crippen molar-refractivity contribution < 1.29 is 4.74 Å². The lowest BCUT2D eigenvalue weighted by Crippen LogP contribution is -2.33. The second-order valence-electron chi connectivity index (χ2n) is 5.45. The highest BCUT2D eigenvalue weighted by Gasteiger charge is 2.18. The first kappa shape index (κ1) is 15.0. The molecule has 1 aliphatic carbocycles. The van der Waals surface area contributed by atoms with E-state index >= 15 is 0 Å². The molecule has 1 N–H and O–H groups in total. The van der Waals surface area contributed by atoms with Crippen LogP contribution >= 0.6 is 0 Å². The van der Waals surface area contributed by atoms with Crippen LogP contribution in [-0.4, -0.2) is 47.7 Å². The van der Waals surface area contributed by atoms with Gasteiger partial charge >= 0.3 is 0 Å². The highest BCUT2D eigenvalue weighted by molar-refractivity contribution is 5.30. The first-order chi connectivity index (χ1) is 9.69. The van der Waals surface area contributed by atoms with Gasteiger partial charge in [0, 0.05) is 30.9 Å². The Hall–Kier alpha value is -1.36. The third-order valence-electron chi connectivity index (χ3n) is 3.82. The van der Waals surface area contributed by atoms with Gasteiger partial charge in [-0.25, -0.2) is 4.98 Å². The van der Waals surface area contributed by atoms with E-state index in [2.05, 4.69) is 27.2 Å². The molecule has 0 aromatic carbocycles. The number of anilines is 1. The van der Waals surface area contributed by atoms with Crippen LogP contribution in [0.1, 0.15) is 38.3 Å². The molecule has 2 rings (SSSR count). The van der Waals surface area contributed by atoms with Crippen LogP contribution in [0.3, 0.4) is 0 Å². The summed E-state index contributed by atoms with van der Waals surface area (Å²) in [6.07, 6.45) is 5.43. The summed E-state index contributed by atoms with van der Waals surface area (Å²) in [5.41, 5.74) is 0.926. The van der Waals surface area contributed by atoms with Crippen LogP contribution in [0.25, 0.3) is 0 Å². The summed E-state index contributed by atoms with van der Waals surface area (Å²) in [5, 5.41) is 3.29. The lowest BCUT2D eigenvalue weighted by molar-refractivity contribution is 0.254. The second kappa shape index (κ2) is 7.43. The number of ether oxygens (including phenoxy) is 1. The molecule has 20 heavy (non-hydrogen) atoms. The number of rotatable bonds is 7. The zero-order valence-electron chi connectivity index (χ0n) is 12.9. The molecule has 0 radical (unpaired) electrons. The molecule has 0 saturated heterocycles. The van der Waals surface area contributed by atoms with Gasteiger partial charge in [0.1, 0.15) is 0 Å². The van der Waals surface area contributed by atoms with Crippen LogP contribution in [0, 0.1) is 6.92 Å². The summed E-state index contributed by atoms with van der Waals surface area (Å²) in [5.74, 6) is 1.31. The zero-order chi connectivity index (χ0) is 14.4. The second-order valence-corrected chi connectivity index (χ2v) is 5.45. The average Bonchev–Trinajstić information content (AvgIpc) is 2.92. The molecule has 1 fully saturated rings. The summed E-state index contributed by atoms with van der Waals surface area (Å²) in [7, 11) is 2.21. The van der Waals surface area contributed by atoms with E-state index in [9.17, 15) is 0 Å². The number of likely N-dealkylation sites (N-methyl/N-ethyl adjacent to an activating group) is 1. The zero-order valence-corrected chi connectivity index (χ0v) is 12.9. The quantitative estimate of drug-likeness (QED) is 0.830. The summed E-state index contributed by atoms with van der Waals surface area (Å²) in [6, 6.07) is 2.62. The van der Waals surface area contributed by atoms with Crippen LogP contribution in [0.2, 0.25) is 0 Å². The Morgan fingerprint density at radius 3 is 2.80 bits per heavy atom. The number of nitrogens with zero attached hydrogens (tertiary/aromatic N) is 3. The number of aryl methyl sites for hydroxylation is 1. The van der Waals surface area contributed by atoms with Gasteiger partial charge in [-0.1, -0.05) is 12.8 Å². The molecule has 1 heterocycles. The molecule has 1 aliphatic rings. The Kier molecular flexibility index (Phi) is 5.59. The van der Waals surface area contributed by atoms with Crippen molar-refractivity contribution in [2.24, 2.45) is 0 Å². The highest BCUT2D eigenvalue weighted by Crippen LogP contribution is 2.22. The molecule has 0 atom stereocenters. The monoisotopic (exact) mass is 278 g/mol. The molecule has 0 bridgehead atoms. The maximum absolute atomic E-state index is 5.43. The molecule has 5 nitrogen and oxygen atoms in total. The van der Waals surface area contributed by atoms with E-state index in [-0.39, 0.29) is 0 Å². The van der Waals surface area contributed by atoms with Gasteiger partial charge in [0.05, 0.1) is 6.61 Å². The normalized spacial score (nSPS) is 15.8. The minimum absolute atomic E-state index is 0.625. The first-order valence-electron chi connectivity index (χ1n) is 7.61. The lowest BCUT2D eigenvalue weighted by atomic mass is 10.2. The van der Waals surface area contributed by atoms with Crippen molar-refractivity contribution in [1.29, 1.82) is 0 Å². The number of nitrogens with one attached hydrogen (secondary N) is 1. The molecule has 1 aromatic heterocycles. The molecule has 1 aromatic rings. The predicted octanol–water partition coefficient (Wildman–Crippen LogP) is 2.47. The summed E-state index contributed by atoms with van der Waals surface area (Å²) < 4.78 is 5.43. The van der Waals surface area contributed by atoms with Crippen LogP contribution in [0.5, 0.6) is 5.88 Å². The number of aromatic nitrogens is 2. The van der Waals surface area contributed by atoms with Crippen LogP contribution in [0.4, 0.5) is 5.95 Å². The van der Waals surface area contributed by atoms with E-state index in [1.54, 1.807) is 0 Å². The smallest absolute Gasteiger partial charge is 0.226 e. The van der Waals surface area contributed by atoms with E-state index in [1.807, 2.05) is 19.9 Å². The van der Waals surface area contributed by atoms with Gasteiger partial charge in [-0.05, 0) is 33.7 Å². The molecule has 0 unspecified atom stereocenters. The number of hydrogen-bond acceptors (Lipinski definition) is 5. The van der Waals surface area contributed by atoms with Crippen LogP contribution < -0.4 is 10.1 Å². The fraction of sp³-hybridized carbons (Fsp3) is 0.733. The van der Waals surface area contributed by atoms with E-state index in [0.717, 1.165) is 24.8 Å². The Bertz CT molecular complexity index is 418. The molecule has 0 spiro atoms. The van der Waals surface area contributed by atoms with Crippen molar-refractivity contribution in [3.63, 3.8) is 0 Å². The minimum Gasteiger partial charge on any atom is -0.478 e. The fourth-order valence-electron chi connectivity index (χ4n) is 2.71. The van der Waals surface area contributed by atoms with Crippen molar-refractivity contribution in [3.05, 3.63) is 11.8 Å². The highest BCUT2D eigenvalue weighted by atomic mass is 16.5. The van der Waals surface area contributed by atoms with Crippen LogP contribution in [-0.2, 0) is 0 Å². The van der Waals surface area contributed by atoms with Crippen molar-refractivity contribution >= 4 is 5.95 Å².